The number of hydrogen-bond donors (Lipinski definition) is 0. The van der Waals surface area contributed by atoms with E-state index in [0.717, 1.165) is 35.5 Å². The molecule has 3 rings (SSSR count). The third-order valence-electron chi connectivity index (χ3n) is 11.1. The van der Waals surface area contributed by atoms with E-state index < -0.39 is 0 Å². The van der Waals surface area contributed by atoms with Crippen molar-refractivity contribution in [3.63, 3.8) is 0 Å². The van der Waals surface area contributed by atoms with Crippen LogP contribution in [0.2, 0.25) is 0 Å². The predicted molar refractivity (Wildman–Crippen MR) is 206 cm³/mol. The second-order valence-electron chi connectivity index (χ2n) is 20.1. The smallest absolute Gasteiger partial charge is 0.305 e. The number of rotatable bonds is 9. The van der Waals surface area contributed by atoms with E-state index in [1.807, 2.05) is 17.8 Å². The maximum atomic E-state index is 2.40. The first-order chi connectivity index (χ1) is 20.7. The Kier molecular flexibility index (Phi) is 22.6. The molecule has 0 bridgehead atoms. The molecule has 273 valence electrons. The fraction of sp³-hybridized carbons (Fsp3) is 0.933. The van der Waals surface area contributed by atoms with E-state index in [1.165, 1.54) is 116 Å². The van der Waals surface area contributed by atoms with E-state index in [-0.39, 0.29) is 17.4 Å². The van der Waals surface area contributed by atoms with Crippen LogP contribution in [0.5, 0.6) is 0 Å². The quantitative estimate of drug-likeness (QED) is 0.213. The summed E-state index contributed by atoms with van der Waals surface area (Å²) in [4.78, 5) is 0. The maximum Gasteiger partial charge on any atom is 3.00 e. The summed E-state index contributed by atoms with van der Waals surface area (Å²) in [6, 6.07) is 0. The van der Waals surface area contributed by atoms with Crippen LogP contribution < -0.4 is 0 Å². The zero-order valence-electron chi connectivity index (χ0n) is 34.6. The van der Waals surface area contributed by atoms with Gasteiger partial charge < -0.3 is 17.8 Å². The van der Waals surface area contributed by atoms with Crippen LogP contribution >= 0.6 is 0 Å². The minimum atomic E-state index is 0. The first-order valence-corrected chi connectivity index (χ1v) is 20.3. The summed E-state index contributed by atoms with van der Waals surface area (Å²) in [6.45, 7) is 35.8. The van der Waals surface area contributed by atoms with Gasteiger partial charge in [-0.25, -0.2) is 0 Å². The van der Waals surface area contributed by atoms with Gasteiger partial charge in [-0.15, -0.1) is 0 Å². The van der Waals surface area contributed by atoms with Crippen molar-refractivity contribution in [2.45, 2.75) is 219 Å². The molecule has 0 saturated heterocycles. The molecule has 1 radical (unpaired) electrons. The molecule has 1 heteroatoms. The van der Waals surface area contributed by atoms with Gasteiger partial charge in [-0.05, 0) is 0 Å². The maximum absolute atomic E-state index is 2.40. The van der Waals surface area contributed by atoms with E-state index in [9.17, 15) is 0 Å². The Morgan fingerprint density at radius 1 is 0.370 bits per heavy atom. The van der Waals surface area contributed by atoms with Crippen molar-refractivity contribution in [2.24, 2.45) is 51.8 Å². The third kappa shape index (κ3) is 19.1. The Morgan fingerprint density at radius 2 is 0.543 bits per heavy atom. The largest absolute Gasteiger partial charge is 3.00 e. The fourth-order valence-electron chi connectivity index (χ4n) is 8.93. The van der Waals surface area contributed by atoms with Crippen LogP contribution in [0, 0.1) is 69.5 Å². The van der Waals surface area contributed by atoms with Gasteiger partial charge in [0.15, 0.2) is 0 Å². The monoisotopic (exact) mass is 680 g/mol. The molecule has 3 aliphatic rings. The molecule has 3 fully saturated rings. The van der Waals surface area contributed by atoms with E-state index in [4.69, 9.17) is 0 Å². The molecule has 0 nitrogen and oxygen atoms in total. The zero-order chi connectivity index (χ0) is 34.4. The summed E-state index contributed by atoms with van der Waals surface area (Å²) >= 11 is 0. The predicted octanol–water partition coefficient (Wildman–Crippen LogP) is 15.7. The minimum Gasteiger partial charge on any atom is -0.305 e. The summed E-state index contributed by atoms with van der Waals surface area (Å²) in [5, 5.41) is 0. The molecule has 0 spiro atoms. The summed E-state index contributed by atoms with van der Waals surface area (Å²) < 4.78 is 0. The Labute approximate surface area is 305 Å². The van der Waals surface area contributed by atoms with Crippen LogP contribution in [0.15, 0.2) is 0 Å². The molecule has 46 heavy (non-hydrogen) atoms. The molecule has 0 aliphatic heterocycles. The standard InChI is InChI=1S/3C15H29.Cr/c3*1-12(2)11-14(15(3,4)5)13-9-7-6-8-10-13;/h3*12-13H,6-11H2,1-5H3;/q3*-1;+3. The molecule has 0 heterocycles. The molecular formula is C45H87Cr. The van der Waals surface area contributed by atoms with Gasteiger partial charge in [0.1, 0.15) is 0 Å². The number of hydrogen-bond acceptors (Lipinski definition) is 0. The normalized spacial score (nSPS) is 19.8. The van der Waals surface area contributed by atoms with Crippen LogP contribution in [0.25, 0.3) is 0 Å². The fourth-order valence-corrected chi connectivity index (χ4v) is 8.93. The zero-order valence-corrected chi connectivity index (χ0v) is 35.9. The van der Waals surface area contributed by atoms with Crippen LogP contribution in [-0.2, 0) is 17.4 Å². The average molecular weight is 680 g/mol. The molecule has 0 unspecified atom stereocenters. The first-order valence-electron chi connectivity index (χ1n) is 20.3. The Hall–Kier alpha value is 0.532. The second-order valence-corrected chi connectivity index (χ2v) is 20.1. The van der Waals surface area contributed by atoms with Gasteiger partial charge in [-0.1, -0.05) is 218 Å². The van der Waals surface area contributed by atoms with Gasteiger partial charge in [0, 0.05) is 0 Å². The first kappa shape index (κ1) is 46.5. The molecule has 0 N–H and O–H groups in total. The van der Waals surface area contributed by atoms with E-state index in [2.05, 4.69) is 104 Å². The van der Waals surface area contributed by atoms with Gasteiger partial charge in [-0.3, -0.25) is 0 Å². The molecule has 3 aliphatic carbocycles. The Bertz CT molecular complexity index is 608. The van der Waals surface area contributed by atoms with Crippen molar-refractivity contribution in [3.8, 4) is 0 Å². The third-order valence-corrected chi connectivity index (χ3v) is 11.1. The van der Waals surface area contributed by atoms with Crippen LogP contribution in [0.4, 0.5) is 0 Å². The van der Waals surface area contributed by atoms with Gasteiger partial charge in [0.05, 0.1) is 0 Å². The van der Waals surface area contributed by atoms with E-state index in [0.29, 0.717) is 16.2 Å². The Balaban J connectivity index is 0.000000653. The van der Waals surface area contributed by atoms with Gasteiger partial charge in [-0.2, -0.15) is 53.3 Å². The van der Waals surface area contributed by atoms with E-state index >= 15 is 0 Å². The summed E-state index contributed by atoms with van der Waals surface area (Å²) in [5.74, 6) is 10.8. The van der Waals surface area contributed by atoms with Crippen molar-refractivity contribution in [3.05, 3.63) is 17.8 Å². The molecule has 0 amide bonds. The van der Waals surface area contributed by atoms with Crippen molar-refractivity contribution < 1.29 is 17.4 Å². The average Bonchev–Trinajstić information content (AvgIpc) is 2.93. The molecule has 0 aromatic heterocycles. The summed E-state index contributed by atoms with van der Waals surface area (Å²) in [5.41, 5.74) is 1.27. The van der Waals surface area contributed by atoms with Crippen molar-refractivity contribution in [1.82, 2.24) is 0 Å². The summed E-state index contributed by atoms with van der Waals surface area (Å²) in [6.07, 6.45) is 25.9. The second kappa shape index (κ2) is 22.4. The molecular weight excluding hydrogens is 592 g/mol. The van der Waals surface area contributed by atoms with Gasteiger partial charge in [0.2, 0.25) is 0 Å². The van der Waals surface area contributed by atoms with Crippen LogP contribution in [0.3, 0.4) is 0 Å². The molecule has 0 aromatic rings. The van der Waals surface area contributed by atoms with Gasteiger partial charge in [0.25, 0.3) is 0 Å². The van der Waals surface area contributed by atoms with Gasteiger partial charge >= 0.3 is 17.4 Å². The van der Waals surface area contributed by atoms with Crippen LogP contribution in [0.1, 0.15) is 219 Å². The van der Waals surface area contributed by atoms with Crippen molar-refractivity contribution >= 4 is 0 Å². The minimum absolute atomic E-state index is 0. The van der Waals surface area contributed by atoms with E-state index in [1.54, 1.807) is 0 Å². The van der Waals surface area contributed by atoms with Crippen LogP contribution in [-0.4, -0.2) is 0 Å². The van der Waals surface area contributed by atoms with Crippen molar-refractivity contribution in [2.75, 3.05) is 0 Å². The molecule has 3 saturated carbocycles. The molecule has 0 atom stereocenters. The molecule has 0 aromatic carbocycles. The van der Waals surface area contributed by atoms with Crippen molar-refractivity contribution in [1.29, 1.82) is 0 Å². The Morgan fingerprint density at radius 3 is 0.674 bits per heavy atom. The summed E-state index contributed by atoms with van der Waals surface area (Å²) in [7, 11) is 0. The topological polar surface area (TPSA) is 0 Å². The SMILES string of the molecule is CC(C)C[C-](C1CCCCC1)C(C)(C)C.CC(C)C[C-](C1CCCCC1)C(C)(C)C.CC(C)C[C-](C1CCCCC1)C(C)(C)C.[Cr+3].